The van der Waals surface area contributed by atoms with Crippen LogP contribution < -0.4 is 9.47 Å². The maximum absolute atomic E-state index is 13.0. The zero-order valence-corrected chi connectivity index (χ0v) is 20.1. The van der Waals surface area contributed by atoms with E-state index in [0.29, 0.717) is 11.5 Å². The van der Waals surface area contributed by atoms with Gasteiger partial charge in [-0.15, -0.1) is 0 Å². The fraction of sp³-hybridized carbons (Fsp3) is 0.625. The standard InChI is InChI=1S/C24H30O13/c1-31-12-4-3-10(7-13(12)32-2)21(30)35-19-11-5-6-33-22(15(11)24(9-26)20(19)37-24)36-23-18(29)17(28)16(27)14(8-25)34-23/h3-7,11,14-20,22-23,25-29H,8-9H2,1-2H3/t11-,14+,15-,16-,17-,18-,19-,20-,22-,23-,24-/m1/s1. The van der Waals surface area contributed by atoms with E-state index in [1.54, 1.807) is 12.1 Å². The number of carbonyl (C=O) groups excluding carboxylic acids is 1. The molecule has 5 rings (SSSR count). The number of rotatable bonds is 8. The molecule has 1 aliphatic carbocycles. The first-order valence-corrected chi connectivity index (χ1v) is 11.8. The summed E-state index contributed by atoms with van der Waals surface area (Å²) in [7, 11) is 2.93. The summed E-state index contributed by atoms with van der Waals surface area (Å²) in [6.07, 6.45) is -7.02. The molecule has 13 nitrogen and oxygen atoms in total. The number of fused-ring (bicyclic) bond motifs is 3. The van der Waals surface area contributed by atoms with E-state index in [9.17, 15) is 30.3 Å². The molecule has 3 heterocycles. The first-order valence-electron chi connectivity index (χ1n) is 11.8. The number of aliphatic hydroxyl groups is 5. The number of hydrogen-bond acceptors (Lipinski definition) is 13. The summed E-state index contributed by atoms with van der Waals surface area (Å²) in [5, 5.41) is 50.2. The van der Waals surface area contributed by atoms with Crippen LogP contribution in [0, 0.1) is 11.8 Å². The Bertz CT molecular complexity index is 1030. The Balaban J connectivity index is 1.34. The Kier molecular flexibility index (Phi) is 7.06. The average Bonchev–Trinajstić information content (AvgIpc) is 3.60. The van der Waals surface area contributed by atoms with Crippen molar-refractivity contribution in [3.05, 3.63) is 36.1 Å². The van der Waals surface area contributed by atoms with Crippen molar-refractivity contribution >= 4 is 5.97 Å². The van der Waals surface area contributed by atoms with Crippen LogP contribution in [0.4, 0.5) is 0 Å². The van der Waals surface area contributed by atoms with E-state index in [-0.39, 0.29) is 5.56 Å². The molecule has 204 valence electrons. The van der Waals surface area contributed by atoms with E-state index in [2.05, 4.69) is 0 Å². The summed E-state index contributed by atoms with van der Waals surface area (Å²) in [6.45, 7) is -1.04. The second-order valence-corrected chi connectivity index (χ2v) is 9.36. The molecule has 1 aromatic rings. The smallest absolute Gasteiger partial charge is 0.338 e. The minimum atomic E-state index is -1.65. The van der Waals surface area contributed by atoms with Gasteiger partial charge in [-0.25, -0.2) is 4.79 Å². The maximum atomic E-state index is 13.0. The number of epoxide rings is 1. The quantitative estimate of drug-likeness (QED) is 0.191. The highest BCUT2D eigenvalue weighted by molar-refractivity contribution is 5.90. The zero-order chi connectivity index (χ0) is 26.5. The van der Waals surface area contributed by atoms with E-state index in [1.165, 1.54) is 32.6 Å². The third-order valence-electron chi connectivity index (χ3n) is 7.46. The van der Waals surface area contributed by atoms with Crippen LogP contribution in [0.5, 0.6) is 11.5 Å². The molecule has 0 unspecified atom stereocenters. The van der Waals surface area contributed by atoms with Gasteiger partial charge in [0.05, 0.1) is 45.2 Å². The number of carbonyl (C=O) groups is 1. The highest BCUT2D eigenvalue weighted by Crippen LogP contribution is 2.60. The molecular weight excluding hydrogens is 496 g/mol. The molecule has 3 fully saturated rings. The van der Waals surface area contributed by atoms with Gasteiger partial charge in [-0.2, -0.15) is 0 Å². The number of aliphatic hydroxyl groups excluding tert-OH is 5. The van der Waals surface area contributed by atoms with E-state index in [4.69, 9.17) is 33.2 Å². The Hall–Kier alpha value is -2.49. The second kappa shape index (κ2) is 10.0. The lowest BCUT2D eigenvalue weighted by Gasteiger charge is -2.43. The van der Waals surface area contributed by atoms with Crippen molar-refractivity contribution in [2.24, 2.45) is 11.8 Å². The summed E-state index contributed by atoms with van der Waals surface area (Å²) < 4.78 is 39.0. The largest absolute Gasteiger partial charge is 0.493 e. The van der Waals surface area contributed by atoms with Crippen LogP contribution in [0.1, 0.15) is 10.4 Å². The van der Waals surface area contributed by atoms with Crippen LogP contribution in [-0.2, 0) is 23.7 Å². The highest BCUT2D eigenvalue weighted by Gasteiger charge is 2.77. The molecule has 2 saturated heterocycles. The molecule has 0 aromatic heterocycles. The lowest BCUT2D eigenvalue weighted by molar-refractivity contribution is -0.344. The Morgan fingerprint density at radius 3 is 2.46 bits per heavy atom. The Morgan fingerprint density at radius 1 is 1.03 bits per heavy atom. The third kappa shape index (κ3) is 4.25. The summed E-state index contributed by atoms with van der Waals surface area (Å²) in [5.41, 5.74) is -0.918. The average molecular weight is 526 g/mol. The van der Waals surface area contributed by atoms with E-state index in [0.717, 1.165) is 0 Å². The van der Waals surface area contributed by atoms with Crippen molar-refractivity contribution in [2.45, 2.75) is 54.8 Å². The molecule has 0 spiro atoms. The van der Waals surface area contributed by atoms with Gasteiger partial charge in [0.2, 0.25) is 6.29 Å². The molecule has 13 heteroatoms. The molecule has 0 amide bonds. The molecule has 37 heavy (non-hydrogen) atoms. The monoisotopic (exact) mass is 526 g/mol. The van der Waals surface area contributed by atoms with Crippen LogP contribution >= 0.6 is 0 Å². The molecule has 0 bridgehead atoms. The fourth-order valence-electron chi connectivity index (χ4n) is 5.44. The van der Waals surface area contributed by atoms with Crippen molar-refractivity contribution in [3.63, 3.8) is 0 Å². The van der Waals surface area contributed by atoms with Crippen LogP contribution in [0.3, 0.4) is 0 Å². The number of ether oxygens (including phenoxy) is 7. The van der Waals surface area contributed by atoms with Crippen molar-refractivity contribution in [1.29, 1.82) is 0 Å². The minimum absolute atomic E-state index is 0.224. The molecule has 11 atom stereocenters. The molecule has 4 aliphatic rings. The number of hydrogen-bond donors (Lipinski definition) is 5. The predicted octanol–water partition coefficient (Wildman–Crippen LogP) is -1.71. The lowest BCUT2D eigenvalue weighted by Crippen LogP contribution is -2.60. The van der Waals surface area contributed by atoms with Gasteiger partial charge >= 0.3 is 5.97 Å². The highest BCUT2D eigenvalue weighted by atomic mass is 16.8. The number of esters is 1. The first-order chi connectivity index (χ1) is 17.8. The summed E-state index contributed by atoms with van der Waals surface area (Å²) >= 11 is 0. The lowest BCUT2D eigenvalue weighted by atomic mass is 9.85. The van der Waals surface area contributed by atoms with Gasteiger partial charge in [-0.05, 0) is 24.3 Å². The molecule has 0 radical (unpaired) electrons. The van der Waals surface area contributed by atoms with Crippen LogP contribution in [-0.4, -0.2) is 114 Å². The van der Waals surface area contributed by atoms with Crippen molar-refractivity contribution < 1.29 is 63.5 Å². The SMILES string of the molecule is COc1ccc(C(=O)O[C@@H]2[C@@H]3C=CO[C@H](O[C@H]4O[C@@H](CO)[C@@H](O)[C@@H](O)[C@H]4O)[C@@H]3[C@@]3(CO)O[C@H]23)cc1OC. The third-order valence-corrected chi connectivity index (χ3v) is 7.46. The molecule has 5 N–H and O–H groups in total. The number of methoxy groups -OCH3 is 2. The predicted molar refractivity (Wildman–Crippen MR) is 119 cm³/mol. The normalized spacial score (nSPS) is 41.8. The second-order valence-electron chi connectivity index (χ2n) is 9.36. The topological polar surface area (TPSA) is 186 Å². The molecular formula is C24H30O13. The molecule has 1 aromatic carbocycles. The van der Waals surface area contributed by atoms with Gasteiger partial charge in [0, 0.05) is 5.92 Å². The maximum Gasteiger partial charge on any atom is 0.338 e. The van der Waals surface area contributed by atoms with Gasteiger partial charge in [-0.3, -0.25) is 0 Å². The van der Waals surface area contributed by atoms with E-state index in [1.807, 2.05) is 0 Å². The minimum Gasteiger partial charge on any atom is -0.493 e. The Morgan fingerprint density at radius 2 is 1.78 bits per heavy atom. The first kappa shape index (κ1) is 26.1. The number of benzene rings is 1. The molecule has 1 saturated carbocycles. The van der Waals surface area contributed by atoms with Crippen LogP contribution in [0.25, 0.3) is 0 Å². The Labute approximate surface area is 211 Å². The van der Waals surface area contributed by atoms with Crippen LogP contribution in [0.15, 0.2) is 30.5 Å². The van der Waals surface area contributed by atoms with Gasteiger partial charge in [0.1, 0.15) is 42.2 Å². The summed E-state index contributed by atoms with van der Waals surface area (Å²) in [4.78, 5) is 13.0. The fourth-order valence-corrected chi connectivity index (χ4v) is 5.44. The van der Waals surface area contributed by atoms with Gasteiger partial charge in [-0.1, -0.05) is 0 Å². The van der Waals surface area contributed by atoms with Gasteiger partial charge in [0.25, 0.3) is 0 Å². The van der Waals surface area contributed by atoms with Crippen molar-refractivity contribution in [1.82, 2.24) is 0 Å². The zero-order valence-electron chi connectivity index (χ0n) is 20.1. The van der Waals surface area contributed by atoms with Gasteiger partial charge < -0.3 is 58.7 Å². The van der Waals surface area contributed by atoms with Gasteiger partial charge in [0.15, 0.2) is 17.8 Å². The van der Waals surface area contributed by atoms with Crippen LogP contribution in [0.2, 0.25) is 0 Å². The van der Waals surface area contributed by atoms with Crippen molar-refractivity contribution in [2.75, 3.05) is 27.4 Å². The van der Waals surface area contributed by atoms with E-state index < -0.39 is 85.8 Å². The summed E-state index contributed by atoms with van der Waals surface area (Å²) in [5.74, 6) is -1.00. The van der Waals surface area contributed by atoms with E-state index >= 15 is 0 Å². The van der Waals surface area contributed by atoms with Crippen molar-refractivity contribution in [3.8, 4) is 11.5 Å². The molecule has 3 aliphatic heterocycles. The summed E-state index contributed by atoms with van der Waals surface area (Å²) in [6, 6.07) is 4.61.